The predicted octanol–water partition coefficient (Wildman–Crippen LogP) is 4.33. The van der Waals surface area contributed by atoms with Crippen molar-refractivity contribution in [2.24, 2.45) is 11.8 Å². The number of Topliss-reactive ketones (excluding diaryl/α,β-unsaturated/α-hetero) is 1. The Bertz CT molecular complexity index is 1300. The van der Waals surface area contributed by atoms with Crippen LogP contribution in [0.3, 0.4) is 0 Å². The summed E-state index contributed by atoms with van der Waals surface area (Å²) in [6.45, 7) is 5.16. The molecule has 4 N–H and O–H groups in total. The number of nitrogens with one attached hydrogen (secondary N) is 2. The molecule has 7 heteroatoms. The molecule has 36 heavy (non-hydrogen) atoms. The zero-order valence-corrected chi connectivity index (χ0v) is 20.5. The van der Waals surface area contributed by atoms with Crippen LogP contribution in [0.2, 0.25) is 0 Å². The van der Waals surface area contributed by atoms with E-state index in [-0.39, 0.29) is 12.2 Å². The average molecular weight is 487 g/mol. The first kappa shape index (κ1) is 25.1. The first-order chi connectivity index (χ1) is 17.1. The van der Waals surface area contributed by atoms with E-state index in [4.69, 9.17) is 0 Å². The van der Waals surface area contributed by atoms with Crippen molar-refractivity contribution < 1.29 is 24.6 Å². The fourth-order valence-electron chi connectivity index (χ4n) is 5.04. The number of aromatic hydroxyl groups is 1. The highest BCUT2D eigenvalue weighted by atomic mass is 16.3. The molecule has 0 bridgehead atoms. The molecular formula is C29H30N2O5. The summed E-state index contributed by atoms with van der Waals surface area (Å²) in [6.07, 6.45) is -0.348. The fraction of sp³-hybridized carbons (Fsp3) is 0.276. The molecule has 0 radical (unpaired) electrons. The number of carbonyl (C=O) groups is 3. The van der Waals surface area contributed by atoms with Gasteiger partial charge in [0.1, 0.15) is 17.5 Å². The van der Waals surface area contributed by atoms with Crippen LogP contribution in [0, 0.1) is 25.7 Å². The molecule has 2 amide bonds. The van der Waals surface area contributed by atoms with Gasteiger partial charge in [-0.1, -0.05) is 48.5 Å². The van der Waals surface area contributed by atoms with Crippen LogP contribution in [0.4, 0.5) is 11.4 Å². The number of ketones is 1. The van der Waals surface area contributed by atoms with Gasteiger partial charge in [0.2, 0.25) is 11.8 Å². The molecule has 0 saturated heterocycles. The minimum absolute atomic E-state index is 0.00877. The number of phenolic OH excluding ortho intramolecular Hbond substituents is 1. The van der Waals surface area contributed by atoms with E-state index in [1.807, 2.05) is 38.1 Å². The van der Waals surface area contributed by atoms with Crippen LogP contribution < -0.4 is 10.6 Å². The highest BCUT2D eigenvalue weighted by Gasteiger charge is 2.56. The highest BCUT2D eigenvalue weighted by Crippen LogP contribution is 2.47. The van der Waals surface area contributed by atoms with Gasteiger partial charge in [0.25, 0.3) is 0 Å². The van der Waals surface area contributed by atoms with Crippen molar-refractivity contribution in [1.82, 2.24) is 0 Å². The van der Waals surface area contributed by atoms with Gasteiger partial charge >= 0.3 is 0 Å². The molecule has 0 aromatic heterocycles. The second kappa shape index (κ2) is 9.95. The first-order valence-corrected chi connectivity index (χ1v) is 11.9. The Hall–Kier alpha value is -3.97. The zero-order valence-electron chi connectivity index (χ0n) is 20.5. The molecule has 3 aromatic rings. The first-order valence-electron chi connectivity index (χ1n) is 11.9. The van der Waals surface area contributed by atoms with Gasteiger partial charge in [-0.05, 0) is 61.7 Å². The molecule has 1 aliphatic rings. The summed E-state index contributed by atoms with van der Waals surface area (Å²) in [5.41, 5.74) is 1.62. The van der Waals surface area contributed by atoms with E-state index >= 15 is 0 Å². The van der Waals surface area contributed by atoms with Crippen molar-refractivity contribution in [3.63, 3.8) is 0 Å². The molecule has 7 nitrogen and oxygen atoms in total. The van der Waals surface area contributed by atoms with Gasteiger partial charge in [0, 0.05) is 23.7 Å². The Morgan fingerprint density at radius 2 is 1.33 bits per heavy atom. The van der Waals surface area contributed by atoms with Crippen molar-refractivity contribution in [3.8, 4) is 5.75 Å². The van der Waals surface area contributed by atoms with Crippen LogP contribution in [0.1, 0.15) is 36.0 Å². The van der Waals surface area contributed by atoms with Crippen LogP contribution in [0.25, 0.3) is 0 Å². The van der Waals surface area contributed by atoms with Gasteiger partial charge in [0.05, 0.1) is 11.5 Å². The minimum Gasteiger partial charge on any atom is -0.508 e. The van der Waals surface area contributed by atoms with E-state index in [0.29, 0.717) is 16.9 Å². The predicted molar refractivity (Wildman–Crippen MR) is 138 cm³/mol. The van der Waals surface area contributed by atoms with Gasteiger partial charge in [-0.25, -0.2) is 0 Å². The molecule has 1 saturated carbocycles. The van der Waals surface area contributed by atoms with Gasteiger partial charge in [-0.2, -0.15) is 0 Å². The monoisotopic (exact) mass is 486 g/mol. The maximum Gasteiger partial charge on any atom is 0.235 e. The van der Waals surface area contributed by atoms with Gasteiger partial charge in [-0.3, -0.25) is 14.4 Å². The van der Waals surface area contributed by atoms with Crippen LogP contribution in [-0.4, -0.2) is 33.4 Å². The molecule has 0 spiro atoms. The van der Waals surface area contributed by atoms with Gasteiger partial charge in [0.15, 0.2) is 0 Å². The number of phenols is 1. The molecule has 4 rings (SSSR count). The standard InChI is InChI=1S/C29H30N2O5/c1-17-8-4-6-10-21(17)30-27(34)25-23(33)16-29(3,36)26(24(25)19-12-14-20(32)15-13-19)28(35)31-22-11-7-5-9-18(22)2/h4-15,24-26,32,36H,16H2,1-3H3,(H,30,34)(H,31,35)/t24-,25-,26+,29+/m1/s1. The van der Waals surface area contributed by atoms with Crippen molar-refractivity contribution in [1.29, 1.82) is 0 Å². The van der Waals surface area contributed by atoms with Crippen LogP contribution >= 0.6 is 0 Å². The third kappa shape index (κ3) is 5.02. The smallest absolute Gasteiger partial charge is 0.235 e. The number of aliphatic hydroxyl groups is 1. The molecule has 0 heterocycles. The van der Waals surface area contributed by atoms with Crippen molar-refractivity contribution in [3.05, 3.63) is 89.5 Å². The number of amides is 2. The Kier molecular flexibility index (Phi) is 6.95. The lowest BCUT2D eigenvalue weighted by Gasteiger charge is -2.44. The van der Waals surface area contributed by atoms with Crippen LogP contribution in [0.5, 0.6) is 5.75 Å². The summed E-state index contributed by atoms with van der Waals surface area (Å²) in [5.74, 6) is -4.78. The number of carbonyl (C=O) groups excluding carboxylic acids is 3. The Labute approximate surface area is 210 Å². The number of hydrogen-bond acceptors (Lipinski definition) is 5. The summed E-state index contributed by atoms with van der Waals surface area (Å²) in [4.78, 5) is 40.6. The van der Waals surface area contributed by atoms with Crippen LogP contribution in [-0.2, 0) is 14.4 Å². The Balaban J connectivity index is 1.78. The number of benzene rings is 3. The maximum atomic E-state index is 13.7. The Morgan fingerprint density at radius 3 is 1.86 bits per heavy atom. The summed E-state index contributed by atoms with van der Waals surface area (Å²) < 4.78 is 0. The Morgan fingerprint density at radius 1 is 0.833 bits per heavy atom. The largest absolute Gasteiger partial charge is 0.508 e. The van der Waals surface area contributed by atoms with Crippen molar-refractivity contribution in [2.75, 3.05) is 10.6 Å². The summed E-state index contributed by atoms with van der Waals surface area (Å²) in [7, 11) is 0. The number of hydrogen-bond donors (Lipinski definition) is 4. The number of para-hydroxylation sites is 2. The third-order valence-corrected chi connectivity index (χ3v) is 6.92. The van der Waals surface area contributed by atoms with E-state index in [2.05, 4.69) is 10.6 Å². The molecule has 0 aliphatic heterocycles. The summed E-state index contributed by atoms with van der Waals surface area (Å²) in [6, 6.07) is 20.5. The highest BCUT2D eigenvalue weighted by molar-refractivity contribution is 6.10. The fourth-order valence-corrected chi connectivity index (χ4v) is 5.04. The second-order valence-electron chi connectivity index (χ2n) is 9.68. The lowest BCUT2D eigenvalue weighted by Crippen LogP contribution is -2.56. The molecule has 3 aromatic carbocycles. The second-order valence-corrected chi connectivity index (χ2v) is 9.68. The summed E-state index contributed by atoms with van der Waals surface area (Å²) in [5, 5.41) is 26.9. The lowest BCUT2D eigenvalue weighted by molar-refractivity contribution is -0.150. The minimum atomic E-state index is -1.70. The molecular weight excluding hydrogens is 456 g/mol. The number of anilines is 2. The number of aryl methyl sites for hydroxylation is 2. The van der Waals surface area contributed by atoms with Gasteiger partial charge in [-0.15, -0.1) is 0 Å². The number of rotatable bonds is 5. The molecule has 1 aliphatic carbocycles. The van der Waals surface area contributed by atoms with E-state index < -0.39 is 41.0 Å². The van der Waals surface area contributed by atoms with Crippen molar-refractivity contribution >= 4 is 29.0 Å². The lowest BCUT2D eigenvalue weighted by atomic mass is 9.61. The zero-order chi connectivity index (χ0) is 26.0. The summed E-state index contributed by atoms with van der Waals surface area (Å²) >= 11 is 0. The topological polar surface area (TPSA) is 116 Å². The van der Waals surface area contributed by atoms with Crippen LogP contribution in [0.15, 0.2) is 72.8 Å². The third-order valence-electron chi connectivity index (χ3n) is 6.92. The molecule has 4 atom stereocenters. The molecule has 1 fully saturated rings. The molecule has 186 valence electrons. The van der Waals surface area contributed by atoms with E-state index in [0.717, 1.165) is 11.1 Å². The van der Waals surface area contributed by atoms with Gasteiger partial charge < -0.3 is 20.8 Å². The molecule has 0 unspecified atom stereocenters. The van der Waals surface area contributed by atoms with E-state index in [1.165, 1.54) is 19.1 Å². The normalized spacial score (nSPS) is 23.7. The van der Waals surface area contributed by atoms with Crippen molar-refractivity contribution in [2.45, 2.75) is 38.7 Å². The quantitative estimate of drug-likeness (QED) is 0.401. The average Bonchev–Trinajstić information content (AvgIpc) is 2.81. The van der Waals surface area contributed by atoms with E-state index in [9.17, 15) is 24.6 Å². The van der Waals surface area contributed by atoms with E-state index in [1.54, 1.807) is 36.4 Å². The maximum absolute atomic E-state index is 13.7. The SMILES string of the molecule is Cc1ccccc1NC(=O)[C@@H]1C(=O)C[C@](C)(O)[C@H](C(=O)Nc2ccccc2C)[C@@H]1c1ccc(O)cc1.